The van der Waals surface area contributed by atoms with E-state index in [0.29, 0.717) is 28.3 Å². The normalized spacial score (nSPS) is 11.4. The summed E-state index contributed by atoms with van der Waals surface area (Å²) in [6.07, 6.45) is 3.20. The fraction of sp³-hybridized carbons (Fsp3) is 0.158. The molecule has 2 aromatic heterocycles. The molecule has 1 aromatic carbocycles. The number of pyridine rings is 1. The monoisotopic (exact) mass is 350 g/mol. The Morgan fingerprint density at radius 2 is 2.00 bits per heavy atom. The molecule has 0 radical (unpaired) electrons. The number of hydrogen-bond donors (Lipinski definition) is 1. The van der Waals surface area contributed by atoms with Crippen LogP contribution in [0, 0.1) is 0 Å². The summed E-state index contributed by atoms with van der Waals surface area (Å²) in [5, 5.41) is 3.01. The van der Waals surface area contributed by atoms with Crippen molar-refractivity contribution in [2.75, 3.05) is 7.11 Å². The average Bonchev–Trinajstić information content (AvgIpc) is 2.99. The van der Waals surface area contributed by atoms with Crippen molar-refractivity contribution in [2.45, 2.75) is 13.3 Å². The number of esters is 1. The van der Waals surface area contributed by atoms with Crippen molar-refractivity contribution in [1.82, 2.24) is 14.8 Å². The summed E-state index contributed by atoms with van der Waals surface area (Å²) in [5.74, 6) is -0.443. The molecule has 0 atom stereocenters. The molecule has 0 bridgehead atoms. The highest BCUT2D eigenvalue weighted by Gasteiger charge is 2.20. The van der Waals surface area contributed by atoms with Gasteiger partial charge < -0.3 is 4.74 Å². The van der Waals surface area contributed by atoms with Crippen LogP contribution in [0.4, 0.5) is 5.69 Å². The highest BCUT2D eigenvalue weighted by molar-refractivity contribution is 6.01. The summed E-state index contributed by atoms with van der Waals surface area (Å²) >= 11 is 0. The van der Waals surface area contributed by atoms with E-state index in [0.717, 1.165) is 0 Å². The van der Waals surface area contributed by atoms with E-state index in [-0.39, 0.29) is 12.0 Å². The molecule has 26 heavy (non-hydrogen) atoms. The lowest BCUT2D eigenvalue weighted by atomic mass is 10.1. The molecule has 0 saturated heterocycles. The maximum atomic E-state index is 13.0. The van der Waals surface area contributed by atoms with Crippen LogP contribution in [0.3, 0.4) is 0 Å². The van der Waals surface area contributed by atoms with Crippen LogP contribution in [0.15, 0.2) is 64.6 Å². The number of aromatic nitrogens is 3. The van der Waals surface area contributed by atoms with Gasteiger partial charge in [-0.3, -0.25) is 24.7 Å². The molecule has 0 aliphatic heterocycles. The highest BCUT2D eigenvalue weighted by Crippen LogP contribution is 2.14. The van der Waals surface area contributed by atoms with Gasteiger partial charge in [0.25, 0.3) is 5.56 Å². The summed E-state index contributed by atoms with van der Waals surface area (Å²) in [4.78, 5) is 33.2. The van der Waals surface area contributed by atoms with E-state index in [1.165, 1.54) is 11.8 Å². The van der Waals surface area contributed by atoms with Gasteiger partial charge in [-0.05, 0) is 31.2 Å². The fourth-order valence-electron chi connectivity index (χ4n) is 2.63. The fourth-order valence-corrected chi connectivity index (χ4v) is 2.63. The Balaban J connectivity index is 2.13. The summed E-state index contributed by atoms with van der Waals surface area (Å²) < 4.78 is 6.14. The molecule has 2 heterocycles. The van der Waals surface area contributed by atoms with Crippen molar-refractivity contribution in [2.24, 2.45) is 4.99 Å². The van der Waals surface area contributed by atoms with E-state index in [4.69, 9.17) is 4.74 Å². The van der Waals surface area contributed by atoms with Crippen LogP contribution in [0.2, 0.25) is 0 Å². The van der Waals surface area contributed by atoms with Gasteiger partial charge in [-0.15, -0.1) is 0 Å². The van der Waals surface area contributed by atoms with Gasteiger partial charge in [-0.2, -0.15) is 0 Å². The Morgan fingerprint density at radius 3 is 2.65 bits per heavy atom. The van der Waals surface area contributed by atoms with Crippen LogP contribution >= 0.6 is 0 Å². The third kappa shape index (κ3) is 3.61. The number of aliphatic imine (C=N–C) groups is 1. The van der Waals surface area contributed by atoms with Gasteiger partial charge in [0.15, 0.2) is 0 Å². The van der Waals surface area contributed by atoms with E-state index in [1.54, 1.807) is 43.6 Å². The average molecular weight is 350 g/mol. The van der Waals surface area contributed by atoms with Gasteiger partial charge in [0.1, 0.15) is 0 Å². The molecule has 3 rings (SSSR count). The number of methoxy groups -OCH3 is 1. The number of nitrogens with zero attached hydrogens (tertiary/aromatic N) is 3. The second-order valence-corrected chi connectivity index (χ2v) is 5.60. The number of ether oxygens (including phenoxy) is 1. The predicted octanol–water partition coefficient (Wildman–Crippen LogP) is 2.42. The minimum absolute atomic E-state index is 0.0548. The highest BCUT2D eigenvalue weighted by atomic mass is 16.5. The van der Waals surface area contributed by atoms with Crippen molar-refractivity contribution in [3.05, 3.63) is 76.5 Å². The van der Waals surface area contributed by atoms with Crippen LogP contribution in [0.5, 0.6) is 0 Å². The minimum Gasteiger partial charge on any atom is -0.469 e. The number of benzene rings is 1. The SMILES string of the molecule is COC(=O)Cc1[nH]n(-c2ccccc2)c(=O)c1C(C)=Nc1cccnc1. The molecule has 0 amide bonds. The van der Waals surface area contributed by atoms with Gasteiger partial charge in [0.2, 0.25) is 0 Å². The number of hydrogen-bond acceptors (Lipinski definition) is 5. The zero-order chi connectivity index (χ0) is 18.5. The Morgan fingerprint density at radius 1 is 1.23 bits per heavy atom. The second-order valence-electron chi connectivity index (χ2n) is 5.60. The lowest BCUT2D eigenvalue weighted by molar-refractivity contribution is -0.139. The lowest BCUT2D eigenvalue weighted by Gasteiger charge is -2.02. The van der Waals surface area contributed by atoms with Gasteiger partial charge in [-0.1, -0.05) is 18.2 Å². The molecule has 0 spiro atoms. The maximum absolute atomic E-state index is 13.0. The second kappa shape index (κ2) is 7.60. The van der Waals surface area contributed by atoms with Gasteiger partial charge in [0.05, 0.1) is 48.1 Å². The maximum Gasteiger partial charge on any atom is 0.311 e. The Kier molecular flexibility index (Phi) is 5.07. The molecule has 132 valence electrons. The number of carbonyl (C=O) groups is 1. The first-order chi connectivity index (χ1) is 12.6. The first-order valence-corrected chi connectivity index (χ1v) is 8.02. The quantitative estimate of drug-likeness (QED) is 0.565. The molecular weight excluding hydrogens is 332 g/mol. The van der Waals surface area contributed by atoms with Crippen LogP contribution < -0.4 is 5.56 Å². The van der Waals surface area contributed by atoms with E-state index in [9.17, 15) is 9.59 Å². The first-order valence-electron chi connectivity index (χ1n) is 8.02. The third-order valence-electron chi connectivity index (χ3n) is 3.83. The summed E-state index contributed by atoms with van der Waals surface area (Å²) in [6.45, 7) is 1.73. The van der Waals surface area contributed by atoms with E-state index in [1.807, 2.05) is 18.2 Å². The molecule has 0 fully saturated rings. The van der Waals surface area contributed by atoms with Crippen LogP contribution in [0.25, 0.3) is 5.69 Å². The number of nitrogens with one attached hydrogen (secondary N) is 1. The molecule has 0 aliphatic carbocycles. The van der Waals surface area contributed by atoms with Crippen molar-refractivity contribution in [3.63, 3.8) is 0 Å². The van der Waals surface area contributed by atoms with Crippen LogP contribution in [0.1, 0.15) is 18.2 Å². The molecule has 3 aromatic rings. The third-order valence-corrected chi connectivity index (χ3v) is 3.83. The summed E-state index contributed by atoms with van der Waals surface area (Å²) in [6, 6.07) is 12.7. The van der Waals surface area contributed by atoms with Gasteiger partial charge in [-0.25, -0.2) is 4.68 Å². The van der Waals surface area contributed by atoms with Crippen molar-refractivity contribution in [1.29, 1.82) is 0 Å². The van der Waals surface area contributed by atoms with E-state index in [2.05, 4.69) is 15.1 Å². The molecule has 0 unspecified atom stereocenters. The zero-order valence-corrected chi connectivity index (χ0v) is 14.5. The molecule has 1 N–H and O–H groups in total. The molecule has 0 aliphatic rings. The lowest BCUT2D eigenvalue weighted by Crippen LogP contribution is -2.20. The number of aromatic amines is 1. The Hall–Kier alpha value is -3.48. The Labute approximate surface area is 150 Å². The van der Waals surface area contributed by atoms with Crippen LogP contribution in [-0.4, -0.2) is 33.6 Å². The number of rotatable bonds is 5. The molecule has 0 saturated carbocycles. The Bertz CT molecular complexity index is 989. The first kappa shape index (κ1) is 17.3. The number of para-hydroxylation sites is 1. The smallest absolute Gasteiger partial charge is 0.311 e. The van der Waals surface area contributed by atoms with E-state index >= 15 is 0 Å². The zero-order valence-electron chi connectivity index (χ0n) is 14.5. The largest absolute Gasteiger partial charge is 0.469 e. The van der Waals surface area contributed by atoms with Gasteiger partial charge in [0, 0.05) is 6.20 Å². The summed E-state index contributed by atoms with van der Waals surface area (Å²) in [5.41, 5.74) is 2.32. The number of H-pyrrole nitrogens is 1. The summed E-state index contributed by atoms with van der Waals surface area (Å²) in [7, 11) is 1.31. The molecular formula is C19H18N4O3. The van der Waals surface area contributed by atoms with Crippen LogP contribution in [-0.2, 0) is 16.0 Å². The molecule has 7 nitrogen and oxygen atoms in total. The number of carbonyl (C=O) groups excluding carboxylic acids is 1. The van der Waals surface area contributed by atoms with Crippen molar-refractivity contribution >= 4 is 17.4 Å². The predicted molar refractivity (Wildman–Crippen MR) is 98.2 cm³/mol. The standard InChI is InChI=1S/C19H18N4O3/c1-13(21-14-7-6-10-20-12-14)18-16(11-17(24)26-2)22-23(19(18)25)15-8-4-3-5-9-15/h3-10,12,22H,11H2,1-2H3. The van der Waals surface area contributed by atoms with Crippen molar-refractivity contribution in [3.8, 4) is 5.69 Å². The van der Waals surface area contributed by atoms with E-state index < -0.39 is 5.97 Å². The minimum atomic E-state index is -0.443. The van der Waals surface area contributed by atoms with Crippen molar-refractivity contribution < 1.29 is 9.53 Å². The van der Waals surface area contributed by atoms with Gasteiger partial charge >= 0.3 is 5.97 Å². The molecule has 7 heteroatoms. The topological polar surface area (TPSA) is 89.3 Å².